The van der Waals surface area contributed by atoms with Gasteiger partial charge in [0.1, 0.15) is 5.82 Å². The maximum absolute atomic E-state index is 13.2. The van der Waals surface area contributed by atoms with E-state index in [9.17, 15) is 4.39 Å². The lowest BCUT2D eigenvalue weighted by atomic mass is 9.84. The van der Waals surface area contributed by atoms with E-state index in [2.05, 4.69) is 19.2 Å². The molecule has 0 saturated heterocycles. The Hall–Kier alpha value is -0.930. The fourth-order valence-electron chi connectivity index (χ4n) is 1.63. The molecule has 0 amide bonds. The molecule has 0 aliphatic heterocycles. The van der Waals surface area contributed by atoms with Gasteiger partial charge in [0.25, 0.3) is 0 Å². The quantitative estimate of drug-likeness (QED) is 0.614. The summed E-state index contributed by atoms with van der Waals surface area (Å²) in [5.74, 6) is -0.149. The van der Waals surface area contributed by atoms with Crippen LogP contribution in [0.3, 0.4) is 0 Å². The minimum absolute atomic E-state index is 0.0308. The molecule has 1 rings (SSSR count). The Morgan fingerprint density at radius 1 is 1.38 bits per heavy atom. The smallest absolute Gasteiger partial charge is 0.126 e. The monoisotopic (exact) mass is 225 g/mol. The van der Waals surface area contributed by atoms with Crippen LogP contribution in [0.2, 0.25) is 0 Å². The van der Waals surface area contributed by atoms with Crippen molar-refractivity contribution in [2.75, 3.05) is 20.4 Å². The van der Waals surface area contributed by atoms with Crippen molar-refractivity contribution in [2.45, 2.75) is 26.2 Å². The first-order valence-electron chi connectivity index (χ1n) is 5.43. The van der Waals surface area contributed by atoms with Crippen LogP contribution in [0.5, 0.6) is 0 Å². The molecular weight excluding hydrogens is 205 g/mol. The van der Waals surface area contributed by atoms with Crippen molar-refractivity contribution in [2.24, 2.45) is 0 Å². The molecule has 0 aliphatic carbocycles. The number of methoxy groups -OCH3 is 1. The third kappa shape index (κ3) is 3.29. The van der Waals surface area contributed by atoms with Crippen molar-refractivity contribution in [3.05, 3.63) is 35.1 Å². The lowest BCUT2D eigenvalue weighted by molar-refractivity contribution is 0.169. The van der Waals surface area contributed by atoms with E-state index in [0.717, 1.165) is 12.1 Å². The predicted octanol–water partition coefficient (Wildman–Crippen LogP) is 2.61. The van der Waals surface area contributed by atoms with Crippen LogP contribution in [0, 0.1) is 12.7 Å². The molecule has 0 heterocycles. The summed E-state index contributed by atoms with van der Waals surface area (Å²) in [6.45, 7) is 7.37. The largest absolute Gasteiger partial charge is 0.370 e. The first-order valence-corrected chi connectivity index (χ1v) is 5.43. The second kappa shape index (κ2) is 5.41. The number of hydrogen-bond acceptors (Lipinski definition) is 2. The SMILES string of the molecule is COCNCC(C)(C)c1ccc(F)c(C)c1. The molecule has 0 radical (unpaired) electrons. The Bertz CT molecular complexity index is 350. The molecule has 0 unspecified atom stereocenters. The normalized spacial score (nSPS) is 11.8. The first kappa shape index (κ1) is 13.1. The van der Waals surface area contributed by atoms with Crippen LogP contribution in [0.4, 0.5) is 4.39 Å². The van der Waals surface area contributed by atoms with Gasteiger partial charge in [0.2, 0.25) is 0 Å². The molecule has 0 atom stereocenters. The Labute approximate surface area is 96.8 Å². The lowest BCUT2D eigenvalue weighted by Gasteiger charge is -2.26. The Morgan fingerprint density at radius 3 is 2.62 bits per heavy atom. The maximum Gasteiger partial charge on any atom is 0.126 e. The highest BCUT2D eigenvalue weighted by Gasteiger charge is 2.20. The molecule has 1 aromatic rings. The fourth-order valence-corrected chi connectivity index (χ4v) is 1.63. The van der Waals surface area contributed by atoms with E-state index in [1.165, 1.54) is 6.07 Å². The van der Waals surface area contributed by atoms with Crippen LogP contribution in [0.25, 0.3) is 0 Å². The summed E-state index contributed by atoms with van der Waals surface area (Å²) >= 11 is 0. The number of rotatable bonds is 5. The third-order valence-corrected chi connectivity index (χ3v) is 2.75. The third-order valence-electron chi connectivity index (χ3n) is 2.75. The molecule has 90 valence electrons. The van der Waals surface area contributed by atoms with Gasteiger partial charge in [0.15, 0.2) is 0 Å². The number of benzene rings is 1. The minimum Gasteiger partial charge on any atom is -0.370 e. The molecular formula is C13H20FNO. The lowest BCUT2D eigenvalue weighted by Crippen LogP contribution is -2.34. The summed E-state index contributed by atoms with van der Waals surface area (Å²) in [5.41, 5.74) is 1.80. The molecule has 0 fully saturated rings. The van der Waals surface area contributed by atoms with Crippen LogP contribution in [0.1, 0.15) is 25.0 Å². The van der Waals surface area contributed by atoms with Crippen molar-refractivity contribution in [3.63, 3.8) is 0 Å². The van der Waals surface area contributed by atoms with Gasteiger partial charge in [0.05, 0.1) is 6.73 Å². The molecule has 0 saturated carbocycles. The van der Waals surface area contributed by atoms with Crippen molar-refractivity contribution in [3.8, 4) is 0 Å². The zero-order chi connectivity index (χ0) is 12.2. The van der Waals surface area contributed by atoms with E-state index < -0.39 is 0 Å². The van der Waals surface area contributed by atoms with Crippen LogP contribution in [0.15, 0.2) is 18.2 Å². The summed E-state index contributed by atoms with van der Waals surface area (Å²) in [5, 5.41) is 3.19. The number of nitrogens with one attached hydrogen (secondary N) is 1. The molecule has 1 aromatic carbocycles. The van der Waals surface area contributed by atoms with E-state index in [4.69, 9.17) is 4.74 Å². The van der Waals surface area contributed by atoms with Gasteiger partial charge in [-0.3, -0.25) is 5.32 Å². The average Bonchev–Trinajstić information content (AvgIpc) is 2.22. The summed E-state index contributed by atoms with van der Waals surface area (Å²) in [6, 6.07) is 5.28. The molecule has 0 spiro atoms. The highest BCUT2D eigenvalue weighted by atomic mass is 19.1. The molecule has 1 N–H and O–H groups in total. The van der Waals surface area contributed by atoms with Crippen LogP contribution < -0.4 is 5.32 Å². The molecule has 0 aliphatic rings. The highest BCUT2D eigenvalue weighted by Crippen LogP contribution is 2.24. The molecule has 16 heavy (non-hydrogen) atoms. The first-order chi connectivity index (χ1) is 7.47. The molecule has 0 aromatic heterocycles. The molecule has 2 nitrogen and oxygen atoms in total. The van der Waals surface area contributed by atoms with Crippen LogP contribution in [-0.2, 0) is 10.2 Å². The Morgan fingerprint density at radius 2 is 2.06 bits per heavy atom. The van der Waals surface area contributed by atoms with Crippen molar-refractivity contribution in [1.82, 2.24) is 5.32 Å². The second-order valence-electron chi connectivity index (χ2n) is 4.71. The summed E-state index contributed by atoms with van der Waals surface area (Å²) in [6.07, 6.45) is 0. The number of ether oxygens (including phenoxy) is 1. The van der Waals surface area contributed by atoms with E-state index in [1.54, 1.807) is 14.0 Å². The number of aryl methyl sites for hydroxylation is 1. The van der Waals surface area contributed by atoms with E-state index in [-0.39, 0.29) is 11.2 Å². The van der Waals surface area contributed by atoms with E-state index in [1.807, 2.05) is 12.1 Å². The number of hydrogen-bond donors (Lipinski definition) is 1. The number of halogens is 1. The second-order valence-corrected chi connectivity index (χ2v) is 4.71. The molecule has 0 bridgehead atoms. The van der Waals surface area contributed by atoms with Gasteiger partial charge >= 0.3 is 0 Å². The maximum atomic E-state index is 13.2. The fraction of sp³-hybridized carbons (Fsp3) is 0.538. The van der Waals surface area contributed by atoms with Gasteiger partial charge in [-0.05, 0) is 24.1 Å². The van der Waals surface area contributed by atoms with Crippen molar-refractivity contribution < 1.29 is 9.13 Å². The van der Waals surface area contributed by atoms with Crippen LogP contribution >= 0.6 is 0 Å². The predicted molar refractivity (Wildman–Crippen MR) is 64.0 cm³/mol. The van der Waals surface area contributed by atoms with E-state index >= 15 is 0 Å². The van der Waals surface area contributed by atoms with Gasteiger partial charge < -0.3 is 4.74 Å². The van der Waals surface area contributed by atoms with Gasteiger partial charge in [0, 0.05) is 19.1 Å². The Kier molecular flexibility index (Phi) is 4.44. The van der Waals surface area contributed by atoms with Crippen molar-refractivity contribution in [1.29, 1.82) is 0 Å². The standard InChI is InChI=1S/C13H20FNO/c1-10-7-11(5-6-12(10)14)13(2,3)8-15-9-16-4/h5-7,15H,8-9H2,1-4H3. The summed E-state index contributed by atoms with van der Waals surface area (Å²) in [4.78, 5) is 0. The highest BCUT2D eigenvalue weighted by molar-refractivity contribution is 5.29. The topological polar surface area (TPSA) is 21.3 Å². The summed E-state index contributed by atoms with van der Waals surface area (Å²) < 4.78 is 18.1. The van der Waals surface area contributed by atoms with Crippen molar-refractivity contribution >= 4 is 0 Å². The van der Waals surface area contributed by atoms with E-state index in [0.29, 0.717) is 12.3 Å². The zero-order valence-corrected chi connectivity index (χ0v) is 10.4. The van der Waals surface area contributed by atoms with Gasteiger partial charge in [-0.15, -0.1) is 0 Å². The summed E-state index contributed by atoms with van der Waals surface area (Å²) in [7, 11) is 1.65. The molecule has 3 heteroatoms. The average molecular weight is 225 g/mol. The minimum atomic E-state index is -0.149. The van der Waals surface area contributed by atoms with Gasteiger partial charge in [-0.25, -0.2) is 4.39 Å². The van der Waals surface area contributed by atoms with Gasteiger partial charge in [-0.2, -0.15) is 0 Å². The zero-order valence-electron chi connectivity index (χ0n) is 10.4. The van der Waals surface area contributed by atoms with Gasteiger partial charge in [-0.1, -0.05) is 26.0 Å². The Balaban J connectivity index is 2.76. The van der Waals surface area contributed by atoms with Crippen LogP contribution in [-0.4, -0.2) is 20.4 Å².